The molecule has 0 aliphatic heterocycles. The van der Waals surface area contributed by atoms with E-state index in [1.807, 2.05) is 18.2 Å². The van der Waals surface area contributed by atoms with Crippen LogP contribution in [0.3, 0.4) is 0 Å². The second kappa shape index (κ2) is 8.65. The van der Waals surface area contributed by atoms with Gasteiger partial charge in [-0.15, -0.1) is 11.6 Å². The monoisotopic (exact) mass is 288 g/mol. The molecule has 106 valence electrons. The van der Waals surface area contributed by atoms with Gasteiger partial charge in [-0.05, 0) is 36.1 Å². The highest BCUT2D eigenvalue weighted by Gasteiger charge is 1.99. The Hall–Kier alpha value is -1.47. The molecule has 0 atom stereocenters. The minimum Gasteiger partial charge on any atom is -0.494 e. The predicted molar refractivity (Wildman–Crippen MR) is 86.6 cm³/mol. The normalized spacial score (nSPS) is 10.4. The van der Waals surface area contributed by atoms with Crippen molar-refractivity contribution >= 4 is 11.6 Å². The molecule has 0 heterocycles. The second-order valence-electron chi connectivity index (χ2n) is 4.85. The molecule has 1 nitrogen and oxygen atoms in total. The van der Waals surface area contributed by atoms with Gasteiger partial charge in [-0.3, -0.25) is 0 Å². The fourth-order valence-corrected chi connectivity index (χ4v) is 2.33. The summed E-state index contributed by atoms with van der Waals surface area (Å²) in [5.41, 5.74) is 2.42. The van der Waals surface area contributed by atoms with Gasteiger partial charge in [0.1, 0.15) is 5.75 Å². The Morgan fingerprint density at radius 2 is 1.50 bits per heavy atom. The maximum absolute atomic E-state index is 5.82. The van der Waals surface area contributed by atoms with E-state index in [2.05, 4.69) is 36.4 Å². The van der Waals surface area contributed by atoms with Crippen molar-refractivity contribution in [2.24, 2.45) is 0 Å². The zero-order chi connectivity index (χ0) is 14.0. The molecule has 2 aromatic carbocycles. The zero-order valence-electron chi connectivity index (χ0n) is 11.7. The van der Waals surface area contributed by atoms with E-state index in [9.17, 15) is 0 Å². The number of benzene rings is 2. The van der Waals surface area contributed by atoms with Gasteiger partial charge in [-0.2, -0.15) is 0 Å². The summed E-state index contributed by atoms with van der Waals surface area (Å²) in [5.74, 6) is 1.71. The first kappa shape index (κ1) is 14.9. The topological polar surface area (TPSA) is 9.23 Å². The van der Waals surface area contributed by atoms with Crippen LogP contribution in [0.15, 0.2) is 54.6 Å². The molecule has 0 N–H and O–H groups in total. The lowest BCUT2D eigenvalue weighted by atomic mass is 10.1. The van der Waals surface area contributed by atoms with Crippen molar-refractivity contribution in [3.8, 4) is 16.9 Å². The van der Waals surface area contributed by atoms with Gasteiger partial charge >= 0.3 is 0 Å². The lowest BCUT2D eigenvalue weighted by molar-refractivity contribution is 0.305. The quantitative estimate of drug-likeness (QED) is 0.458. The van der Waals surface area contributed by atoms with Crippen LogP contribution in [0.4, 0.5) is 0 Å². The van der Waals surface area contributed by atoms with Crippen molar-refractivity contribution in [1.82, 2.24) is 0 Å². The van der Waals surface area contributed by atoms with Crippen molar-refractivity contribution in [2.45, 2.75) is 25.7 Å². The molecule has 0 saturated heterocycles. The Kier molecular flexibility index (Phi) is 6.46. The summed E-state index contributed by atoms with van der Waals surface area (Å²) < 4.78 is 5.82. The van der Waals surface area contributed by atoms with E-state index < -0.39 is 0 Å². The van der Waals surface area contributed by atoms with E-state index in [1.165, 1.54) is 24.0 Å². The second-order valence-corrected chi connectivity index (χ2v) is 5.22. The molecule has 20 heavy (non-hydrogen) atoms. The molecule has 2 aromatic rings. The first-order valence-electron chi connectivity index (χ1n) is 7.24. The van der Waals surface area contributed by atoms with Crippen LogP contribution in [0, 0.1) is 0 Å². The average molecular weight is 289 g/mol. The SMILES string of the molecule is ClCCCCCCOc1cccc(-c2ccccc2)c1. The highest BCUT2D eigenvalue weighted by Crippen LogP contribution is 2.23. The molecule has 0 fully saturated rings. The Bertz CT molecular complexity index is 496. The number of halogens is 1. The minimum absolute atomic E-state index is 0.764. The van der Waals surface area contributed by atoms with Crippen LogP contribution in [0.2, 0.25) is 0 Å². The molecule has 0 bridgehead atoms. The Morgan fingerprint density at radius 1 is 0.750 bits per heavy atom. The van der Waals surface area contributed by atoms with Gasteiger partial charge in [0, 0.05) is 5.88 Å². The van der Waals surface area contributed by atoms with Crippen molar-refractivity contribution in [3.05, 3.63) is 54.6 Å². The summed E-state index contributed by atoms with van der Waals surface area (Å²) in [6, 6.07) is 18.7. The van der Waals surface area contributed by atoms with Crippen LogP contribution in [0.1, 0.15) is 25.7 Å². The lowest BCUT2D eigenvalue weighted by Gasteiger charge is -2.08. The molecule has 0 aliphatic carbocycles. The summed E-state index contributed by atoms with van der Waals surface area (Å²) in [7, 11) is 0. The van der Waals surface area contributed by atoms with Crippen LogP contribution in [0.25, 0.3) is 11.1 Å². The first-order chi connectivity index (χ1) is 9.90. The average Bonchev–Trinajstić information content (AvgIpc) is 2.52. The molecular formula is C18H21ClO. The molecule has 0 saturated carbocycles. The number of hydrogen-bond donors (Lipinski definition) is 0. The third-order valence-electron chi connectivity index (χ3n) is 3.24. The summed E-state index contributed by atoms with van der Waals surface area (Å²) in [6.07, 6.45) is 4.57. The third kappa shape index (κ3) is 4.90. The van der Waals surface area contributed by atoms with Crippen LogP contribution in [-0.4, -0.2) is 12.5 Å². The zero-order valence-corrected chi connectivity index (χ0v) is 12.5. The summed E-state index contributed by atoms with van der Waals surface area (Å²) in [4.78, 5) is 0. The molecule has 0 spiro atoms. The Balaban J connectivity index is 1.84. The van der Waals surface area contributed by atoms with Gasteiger partial charge in [0.25, 0.3) is 0 Å². The van der Waals surface area contributed by atoms with Crippen molar-refractivity contribution in [2.75, 3.05) is 12.5 Å². The predicted octanol–water partition coefficient (Wildman–Crippen LogP) is 5.53. The standard InChI is InChI=1S/C18H21ClO/c19-13-6-1-2-7-14-20-18-12-8-11-17(15-18)16-9-4-3-5-10-16/h3-5,8-12,15H,1-2,6-7,13-14H2. The van der Waals surface area contributed by atoms with Crippen molar-refractivity contribution in [1.29, 1.82) is 0 Å². The summed E-state index contributed by atoms with van der Waals surface area (Å²) >= 11 is 5.65. The van der Waals surface area contributed by atoms with Gasteiger partial charge < -0.3 is 4.74 Å². The summed E-state index contributed by atoms with van der Waals surface area (Å²) in [6.45, 7) is 0.778. The fraction of sp³-hybridized carbons (Fsp3) is 0.333. The van der Waals surface area contributed by atoms with E-state index in [1.54, 1.807) is 0 Å². The van der Waals surface area contributed by atoms with E-state index in [-0.39, 0.29) is 0 Å². The molecular weight excluding hydrogens is 268 g/mol. The molecule has 0 unspecified atom stereocenters. The summed E-state index contributed by atoms with van der Waals surface area (Å²) in [5, 5.41) is 0. The Labute approximate surface area is 126 Å². The molecule has 2 heteroatoms. The largest absolute Gasteiger partial charge is 0.494 e. The Morgan fingerprint density at radius 3 is 2.30 bits per heavy atom. The van der Waals surface area contributed by atoms with E-state index in [0.29, 0.717) is 0 Å². The highest BCUT2D eigenvalue weighted by molar-refractivity contribution is 6.17. The maximum atomic E-state index is 5.82. The van der Waals surface area contributed by atoms with Gasteiger partial charge in [-0.1, -0.05) is 55.3 Å². The maximum Gasteiger partial charge on any atom is 0.119 e. The van der Waals surface area contributed by atoms with Crippen molar-refractivity contribution < 1.29 is 4.74 Å². The van der Waals surface area contributed by atoms with Crippen LogP contribution in [0.5, 0.6) is 5.75 Å². The molecule has 0 aliphatic rings. The van der Waals surface area contributed by atoms with Crippen molar-refractivity contribution in [3.63, 3.8) is 0 Å². The van der Waals surface area contributed by atoms with Gasteiger partial charge in [-0.25, -0.2) is 0 Å². The van der Waals surface area contributed by atoms with Crippen LogP contribution >= 0.6 is 11.6 Å². The lowest BCUT2D eigenvalue weighted by Crippen LogP contribution is -1.97. The smallest absolute Gasteiger partial charge is 0.119 e. The minimum atomic E-state index is 0.764. The number of ether oxygens (including phenoxy) is 1. The number of hydrogen-bond acceptors (Lipinski definition) is 1. The molecule has 2 rings (SSSR count). The van der Waals surface area contributed by atoms with Gasteiger partial charge in [0.2, 0.25) is 0 Å². The van der Waals surface area contributed by atoms with Gasteiger partial charge in [0.15, 0.2) is 0 Å². The molecule has 0 amide bonds. The number of alkyl halides is 1. The highest BCUT2D eigenvalue weighted by atomic mass is 35.5. The van der Waals surface area contributed by atoms with Gasteiger partial charge in [0.05, 0.1) is 6.61 Å². The van der Waals surface area contributed by atoms with E-state index >= 15 is 0 Å². The third-order valence-corrected chi connectivity index (χ3v) is 3.51. The number of rotatable bonds is 8. The van der Waals surface area contributed by atoms with E-state index in [0.717, 1.165) is 31.1 Å². The van der Waals surface area contributed by atoms with Crippen LogP contribution in [-0.2, 0) is 0 Å². The van der Waals surface area contributed by atoms with Crippen LogP contribution < -0.4 is 4.74 Å². The molecule has 0 radical (unpaired) electrons. The van der Waals surface area contributed by atoms with E-state index in [4.69, 9.17) is 16.3 Å². The first-order valence-corrected chi connectivity index (χ1v) is 7.78. The number of unbranched alkanes of at least 4 members (excludes halogenated alkanes) is 3. The molecule has 0 aromatic heterocycles. The fourth-order valence-electron chi connectivity index (χ4n) is 2.14.